The van der Waals surface area contributed by atoms with Crippen LogP contribution in [0.4, 0.5) is 11.4 Å². The lowest BCUT2D eigenvalue weighted by atomic mass is 10.1. The van der Waals surface area contributed by atoms with E-state index in [0.29, 0.717) is 16.6 Å². The highest BCUT2D eigenvalue weighted by molar-refractivity contribution is 5.97. The van der Waals surface area contributed by atoms with Gasteiger partial charge in [0, 0.05) is 17.1 Å². The summed E-state index contributed by atoms with van der Waals surface area (Å²) in [6, 6.07) is 16.1. The first-order chi connectivity index (χ1) is 11.5. The van der Waals surface area contributed by atoms with Crippen LogP contribution in [0.2, 0.25) is 0 Å². The summed E-state index contributed by atoms with van der Waals surface area (Å²) in [4.78, 5) is 23.9. The fourth-order valence-corrected chi connectivity index (χ4v) is 2.77. The number of fused-ring (bicyclic) bond motifs is 1. The fraction of sp³-hybridized carbons (Fsp3) is 0.167. The second kappa shape index (κ2) is 6.16. The number of para-hydroxylation sites is 2. The molecule has 24 heavy (non-hydrogen) atoms. The summed E-state index contributed by atoms with van der Waals surface area (Å²) in [6.07, 6.45) is 0. The van der Waals surface area contributed by atoms with Gasteiger partial charge in [-0.25, -0.2) is 0 Å². The highest BCUT2D eigenvalue weighted by Crippen LogP contribution is 2.31. The fourth-order valence-electron chi connectivity index (χ4n) is 2.77. The molecule has 3 rings (SSSR count). The number of pyridine rings is 1. The van der Waals surface area contributed by atoms with Gasteiger partial charge in [0.1, 0.15) is 5.69 Å². The Bertz CT molecular complexity index is 962. The summed E-state index contributed by atoms with van der Waals surface area (Å²) in [5, 5.41) is 15.3. The lowest BCUT2D eigenvalue weighted by Crippen LogP contribution is -2.25. The van der Waals surface area contributed by atoms with Crippen LogP contribution in [-0.4, -0.2) is 15.5 Å². The van der Waals surface area contributed by atoms with Crippen molar-refractivity contribution in [3.05, 3.63) is 75.1 Å². The molecule has 6 heteroatoms. The zero-order valence-electron chi connectivity index (χ0n) is 13.4. The smallest absolute Gasteiger partial charge is 0.357 e. The molecular formula is C18H17N3O3. The molecule has 3 aromatic rings. The van der Waals surface area contributed by atoms with Crippen molar-refractivity contribution in [2.45, 2.75) is 19.9 Å². The predicted octanol–water partition coefficient (Wildman–Crippen LogP) is 3.72. The van der Waals surface area contributed by atoms with E-state index in [9.17, 15) is 14.9 Å². The molecule has 0 amide bonds. The summed E-state index contributed by atoms with van der Waals surface area (Å²) in [5.74, 6) is 0. The van der Waals surface area contributed by atoms with Gasteiger partial charge in [0.25, 0.3) is 0 Å². The monoisotopic (exact) mass is 323 g/mol. The summed E-state index contributed by atoms with van der Waals surface area (Å²) in [6.45, 7) is 3.75. The molecule has 2 aromatic carbocycles. The summed E-state index contributed by atoms with van der Waals surface area (Å²) >= 11 is 0. The zero-order valence-corrected chi connectivity index (χ0v) is 13.4. The van der Waals surface area contributed by atoms with E-state index in [1.165, 1.54) is 4.57 Å². The Morgan fingerprint density at radius 1 is 1.04 bits per heavy atom. The Hall–Kier alpha value is -3.15. The Kier molecular flexibility index (Phi) is 4.04. The topological polar surface area (TPSA) is 77.2 Å². The number of benzene rings is 2. The van der Waals surface area contributed by atoms with E-state index in [2.05, 4.69) is 5.32 Å². The van der Waals surface area contributed by atoms with E-state index < -0.39 is 16.2 Å². The molecule has 0 atom stereocenters. The van der Waals surface area contributed by atoms with E-state index in [-0.39, 0.29) is 11.7 Å². The second-order valence-corrected chi connectivity index (χ2v) is 5.77. The van der Waals surface area contributed by atoms with Gasteiger partial charge in [-0.1, -0.05) is 36.4 Å². The maximum absolute atomic E-state index is 12.9. The van der Waals surface area contributed by atoms with Gasteiger partial charge in [0.15, 0.2) is 0 Å². The molecule has 0 bridgehead atoms. The highest BCUT2D eigenvalue weighted by Gasteiger charge is 2.26. The van der Waals surface area contributed by atoms with E-state index in [1.54, 1.807) is 42.5 Å². The van der Waals surface area contributed by atoms with Gasteiger partial charge in [-0.3, -0.25) is 19.5 Å². The quantitative estimate of drug-likeness (QED) is 0.586. The van der Waals surface area contributed by atoms with Gasteiger partial charge in [-0.2, -0.15) is 0 Å². The molecule has 122 valence electrons. The third kappa shape index (κ3) is 2.62. The second-order valence-electron chi connectivity index (χ2n) is 5.77. The molecule has 0 fully saturated rings. The third-order valence-electron chi connectivity index (χ3n) is 3.69. The first-order valence-corrected chi connectivity index (χ1v) is 7.65. The Morgan fingerprint density at radius 3 is 2.29 bits per heavy atom. The number of anilines is 1. The van der Waals surface area contributed by atoms with Crippen LogP contribution in [0, 0.1) is 10.1 Å². The number of nitro groups is 1. The van der Waals surface area contributed by atoms with Crippen LogP contribution >= 0.6 is 0 Å². The van der Waals surface area contributed by atoms with Crippen molar-refractivity contribution in [3.63, 3.8) is 0 Å². The molecule has 0 spiro atoms. The van der Waals surface area contributed by atoms with Gasteiger partial charge < -0.3 is 5.32 Å². The highest BCUT2D eigenvalue weighted by atomic mass is 16.6. The molecule has 1 aromatic heterocycles. The van der Waals surface area contributed by atoms with Crippen molar-refractivity contribution in [2.75, 3.05) is 5.32 Å². The molecule has 0 aliphatic rings. The van der Waals surface area contributed by atoms with Crippen LogP contribution in [0.15, 0.2) is 59.4 Å². The van der Waals surface area contributed by atoms with Crippen molar-refractivity contribution in [1.29, 1.82) is 0 Å². The lowest BCUT2D eigenvalue weighted by molar-refractivity contribution is -0.385. The number of aromatic nitrogens is 1. The van der Waals surface area contributed by atoms with Crippen LogP contribution in [-0.2, 0) is 0 Å². The molecular weight excluding hydrogens is 306 g/mol. The van der Waals surface area contributed by atoms with Crippen LogP contribution in [0.25, 0.3) is 16.6 Å². The molecule has 1 heterocycles. The first kappa shape index (κ1) is 15.7. The SMILES string of the molecule is CC(C)Nc1c([N+](=O)[O-])c(=O)n(-c2ccccc2)c2ccccc12. The van der Waals surface area contributed by atoms with Crippen LogP contribution in [0.1, 0.15) is 13.8 Å². The van der Waals surface area contributed by atoms with Crippen LogP contribution < -0.4 is 10.9 Å². The number of nitrogens with zero attached hydrogens (tertiary/aromatic N) is 2. The minimum absolute atomic E-state index is 0.0425. The van der Waals surface area contributed by atoms with Gasteiger partial charge in [0.2, 0.25) is 0 Å². The summed E-state index contributed by atoms with van der Waals surface area (Å²) in [7, 11) is 0. The largest absolute Gasteiger partial charge is 0.377 e. The molecule has 0 unspecified atom stereocenters. The van der Waals surface area contributed by atoms with Gasteiger partial charge in [-0.05, 0) is 32.0 Å². The molecule has 0 saturated carbocycles. The maximum Gasteiger partial charge on any atom is 0.357 e. The number of rotatable bonds is 4. The maximum atomic E-state index is 12.9. The number of hydrogen-bond acceptors (Lipinski definition) is 4. The number of nitrogens with one attached hydrogen (secondary N) is 1. The molecule has 0 saturated heterocycles. The van der Waals surface area contributed by atoms with Gasteiger partial charge in [-0.15, -0.1) is 0 Å². The lowest BCUT2D eigenvalue weighted by Gasteiger charge is -2.16. The van der Waals surface area contributed by atoms with Gasteiger partial charge >= 0.3 is 11.2 Å². The molecule has 0 aliphatic carbocycles. The van der Waals surface area contributed by atoms with Crippen molar-refractivity contribution in [1.82, 2.24) is 4.57 Å². The minimum Gasteiger partial charge on any atom is -0.377 e. The van der Waals surface area contributed by atoms with E-state index in [4.69, 9.17) is 0 Å². The summed E-state index contributed by atoms with van der Waals surface area (Å²) < 4.78 is 1.39. The Balaban J connectivity index is 2.49. The van der Waals surface area contributed by atoms with E-state index in [1.807, 2.05) is 26.0 Å². The minimum atomic E-state index is -0.645. The molecule has 1 N–H and O–H groups in total. The van der Waals surface area contributed by atoms with Gasteiger partial charge in [0.05, 0.1) is 10.4 Å². The predicted molar refractivity (Wildman–Crippen MR) is 95.0 cm³/mol. The zero-order chi connectivity index (χ0) is 17.3. The summed E-state index contributed by atoms with van der Waals surface area (Å²) in [5.41, 5.74) is 0.405. The average molecular weight is 323 g/mol. The molecule has 0 aliphatic heterocycles. The third-order valence-corrected chi connectivity index (χ3v) is 3.69. The van der Waals surface area contributed by atoms with Crippen LogP contribution in [0.5, 0.6) is 0 Å². The van der Waals surface area contributed by atoms with Crippen molar-refractivity contribution >= 4 is 22.3 Å². The van der Waals surface area contributed by atoms with Crippen molar-refractivity contribution in [2.24, 2.45) is 0 Å². The molecule has 6 nitrogen and oxygen atoms in total. The average Bonchev–Trinajstić information content (AvgIpc) is 2.55. The first-order valence-electron chi connectivity index (χ1n) is 7.65. The standard InChI is InChI=1S/C18H17N3O3/c1-12(2)19-16-14-10-6-7-11-15(14)20(13-8-4-3-5-9-13)18(22)17(16)21(23)24/h3-12,19H,1-2H3. The van der Waals surface area contributed by atoms with Crippen molar-refractivity contribution < 1.29 is 4.92 Å². The van der Waals surface area contributed by atoms with Crippen LogP contribution in [0.3, 0.4) is 0 Å². The molecule has 0 radical (unpaired) electrons. The number of hydrogen-bond donors (Lipinski definition) is 1. The van der Waals surface area contributed by atoms with Crippen molar-refractivity contribution in [3.8, 4) is 5.69 Å². The normalized spacial score (nSPS) is 11.0. The van der Waals surface area contributed by atoms with E-state index in [0.717, 1.165) is 0 Å². The Labute approximate surface area is 138 Å². The van der Waals surface area contributed by atoms with E-state index >= 15 is 0 Å². The Morgan fingerprint density at radius 2 is 1.67 bits per heavy atom.